The highest BCUT2D eigenvalue weighted by molar-refractivity contribution is 5.89. The van der Waals surface area contributed by atoms with Crippen LogP contribution in [0.15, 0.2) is 24.4 Å². The monoisotopic (exact) mass is 251 g/mol. The minimum atomic E-state index is -4.29. The predicted octanol–water partition coefficient (Wildman–Crippen LogP) is 2.60. The minimum Gasteiger partial charge on any atom is -0.397 e. The average Bonchev–Trinajstić information content (AvgIpc) is 2.47. The minimum absolute atomic E-state index is 0. The Balaban J connectivity index is 0.00000128. The standard InChI is InChI=1S/C9H8F3N3.ClH/c10-9(11,12)5-15-8-6(4-14-15)2-1-3-7(8)13;/h1-4H,5,13H2;1H. The third-order valence-corrected chi connectivity index (χ3v) is 2.02. The molecule has 0 radical (unpaired) electrons. The molecule has 0 aliphatic carbocycles. The Labute approximate surface area is 95.4 Å². The lowest BCUT2D eigenvalue weighted by atomic mass is 10.2. The molecule has 0 aliphatic heterocycles. The Morgan fingerprint density at radius 1 is 1.31 bits per heavy atom. The van der Waals surface area contributed by atoms with Crippen molar-refractivity contribution in [2.75, 3.05) is 5.73 Å². The molecule has 7 heteroatoms. The van der Waals surface area contributed by atoms with Crippen molar-refractivity contribution in [3.05, 3.63) is 24.4 Å². The molecule has 0 saturated carbocycles. The number of aromatic nitrogens is 2. The molecule has 1 aromatic heterocycles. The number of fused-ring (bicyclic) bond motifs is 1. The van der Waals surface area contributed by atoms with Gasteiger partial charge in [0.1, 0.15) is 6.54 Å². The van der Waals surface area contributed by atoms with Crippen LogP contribution in [-0.4, -0.2) is 16.0 Å². The van der Waals surface area contributed by atoms with Crippen LogP contribution in [0.4, 0.5) is 18.9 Å². The van der Waals surface area contributed by atoms with E-state index in [2.05, 4.69) is 5.10 Å². The van der Waals surface area contributed by atoms with Gasteiger partial charge in [-0.1, -0.05) is 12.1 Å². The highest BCUT2D eigenvalue weighted by Crippen LogP contribution is 2.24. The molecule has 0 atom stereocenters. The zero-order valence-corrected chi connectivity index (χ0v) is 8.85. The fourth-order valence-electron chi connectivity index (χ4n) is 1.46. The lowest BCUT2D eigenvalue weighted by Crippen LogP contribution is -2.18. The first-order chi connectivity index (χ1) is 6.97. The summed E-state index contributed by atoms with van der Waals surface area (Å²) in [6.07, 6.45) is -2.92. The summed E-state index contributed by atoms with van der Waals surface area (Å²) >= 11 is 0. The second-order valence-corrected chi connectivity index (χ2v) is 3.20. The summed E-state index contributed by atoms with van der Waals surface area (Å²) in [7, 11) is 0. The first kappa shape index (κ1) is 12.6. The van der Waals surface area contributed by atoms with Crippen LogP contribution in [0.2, 0.25) is 0 Å². The number of halogens is 4. The summed E-state index contributed by atoms with van der Waals surface area (Å²) in [5.41, 5.74) is 6.22. The van der Waals surface area contributed by atoms with Crippen molar-refractivity contribution in [3.8, 4) is 0 Å². The van der Waals surface area contributed by atoms with Gasteiger partial charge in [0.25, 0.3) is 0 Å². The number of nitrogens with two attached hydrogens (primary N) is 1. The van der Waals surface area contributed by atoms with Crippen LogP contribution in [0.5, 0.6) is 0 Å². The maximum atomic E-state index is 12.2. The third kappa shape index (κ3) is 2.38. The zero-order chi connectivity index (χ0) is 11.1. The van der Waals surface area contributed by atoms with Crippen LogP contribution in [0.1, 0.15) is 0 Å². The summed E-state index contributed by atoms with van der Waals surface area (Å²) in [5, 5.41) is 4.27. The molecular formula is C9H9ClF3N3. The molecule has 2 rings (SSSR count). The van der Waals surface area contributed by atoms with Gasteiger partial charge in [0, 0.05) is 5.39 Å². The van der Waals surface area contributed by atoms with Crippen molar-refractivity contribution in [2.45, 2.75) is 12.7 Å². The van der Waals surface area contributed by atoms with E-state index >= 15 is 0 Å². The molecule has 16 heavy (non-hydrogen) atoms. The van der Waals surface area contributed by atoms with Crippen molar-refractivity contribution < 1.29 is 13.2 Å². The lowest BCUT2D eigenvalue weighted by Gasteiger charge is -2.08. The number of rotatable bonds is 1. The largest absolute Gasteiger partial charge is 0.408 e. The summed E-state index contributed by atoms with van der Waals surface area (Å²) in [6.45, 7) is -1.12. The Morgan fingerprint density at radius 3 is 2.62 bits per heavy atom. The Bertz CT molecular complexity index is 492. The average molecular weight is 252 g/mol. The quantitative estimate of drug-likeness (QED) is 0.792. The van der Waals surface area contributed by atoms with Gasteiger partial charge < -0.3 is 5.73 Å². The molecule has 1 heterocycles. The highest BCUT2D eigenvalue weighted by Gasteiger charge is 2.29. The van der Waals surface area contributed by atoms with Crippen molar-refractivity contribution in [3.63, 3.8) is 0 Å². The molecule has 0 amide bonds. The number of nitrogen functional groups attached to an aromatic ring is 1. The van der Waals surface area contributed by atoms with Crippen LogP contribution in [0.25, 0.3) is 10.9 Å². The number of para-hydroxylation sites is 1. The van der Waals surface area contributed by atoms with E-state index in [-0.39, 0.29) is 12.4 Å². The zero-order valence-electron chi connectivity index (χ0n) is 8.03. The van der Waals surface area contributed by atoms with Crippen LogP contribution in [-0.2, 0) is 6.54 Å². The Kier molecular flexibility index (Phi) is 3.32. The number of nitrogens with zero attached hydrogens (tertiary/aromatic N) is 2. The van der Waals surface area contributed by atoms with Gasteiger partial charge >= 0.3 is 6.18 Å². The number of benzene rings is 1. The van der Waals surface area contributed by atoms with E-state index in [1.165, 1.54) is 6.20 Å². The number of alkyl halides is 3. The first-order valence-corrected chi connectivity index (χ1v) is 4.24. The normalized spacial score (nSPS) is 11.4. The summed E-state index contributed by atoms with van der Waals surface area (Å²) < 4.78 is 37.4. The van der Waals surface area contributed by atoms with Gasteiger partial charge in [-0.25, -0.2) is 0 Å². The molecule has 1 aromatic carbocycles. The summed E-state index contributed by atoms with van der Waals surface area (Å²) in [6, 6.07) is 4.90. The molecule has 2 aromatic rings. The number of anilines is 1. The molecule has 2 N–H and O–H groups in total. The van der Waals surface area contributed by atoms with Gasteiger partial charge in [0.2, 0.25) is 0 Å². The van der Waals surface area contributed by atoms with Gasteiger partial charge in [0.05, 0.1) is 17.4 Å². The fourth-order valence-corrected chi connectivity index (χ4v) is 1.46. The van der Waals surface area contributed by atoms with Crippen LogP contribution in [0, 0.1) is 0 Å². The molecule has 0 bridgehead atoms. The van der Waals surface area contributed by atoms with E-state index in [1.807, 2.05) is 0 Å². The second kappa shape index (κ2) is 4.21. The van der Waals surface area contributed by atoms with Gasteiger partial charge in [-0.15, -0.1) is 12.4 Å². The number of hydrogen-bond donors (Lipinski definition) is 1. The van der Waals surface area contributed by atoms with E-state index in [4.69, 9.17) is 5.73 Å². The molecule has 88 valence electrons. The Hall–Kier alpha value is -1.43. The second-order valence-electron chi connectivity index (χ2n) is 3.20. The molecule has 0 aliphatic rings. The molecule has 3 nitrogen and oxygen atoms in total. The smallest absolute Gasteiger partial charge is 0.397 e. The highest BCUT2D eigenvalue weighted by atomic mass is 35.5. The van der Waals surface area contributed by atoms with Crippen LogP contribution >= 0.6 is 12.4 Å². The van der Waals surface area contributed by atoms with E-state index in [9.17, 15) is 13.2 Å². The van der Waals surface area contributed by atoms with Gasteiger partial charge in [-0.05, 0) is 6.07 Å². The third-order valence-electron chi connectivity index (χ3n) is 2.02. The van der Waals surface area contributed by atoms with E-state index in [0.29, 0.717) is 16.6 Å². The SMILES string of the molecule is Cl.Nc1cccc2cnn(CC(F)(F)F)c12. The van der Waals surface area contributed by atoms with Crippen molar-refractivity contribution in [1.29, 1.82) is 0 Å². The van der Waals surface area contributed by atoms with Crippen LogP contribution < -0.4 is 5.73 Å². The maximum Gasteiger partial charge on any atom is 0.408 e. The van der Waals surface area contributed by atoms with Gasteiger partial charge in [-0.2, -0.15) is 18.3 Å². The van der Waals surface area contributed by atoms with Crippen molar-refractivity contribution >= 4 is 29.0 Å². The van der Waals surface area contributed by atoms with Crippen LogP contribution in [0.3, 0.4) is 0 Å². The predicted molar refractivity (Wildman–Crippen MR) is 57.4 cm³/mol. The number of hydrogen-bond acceptors (Lipinski definition) is 2. The molecule has 0 saturated heterocycles. The lowest BCUT2D eigenvalue weighted by molar-refractivity contribution is -0.141. The summed E-state index contributed by atoms with van der Waals surface area (Å²) in [4.78, 5) is 0. The van der Waals surface area contributed by atoms with Crippen molar-refractivity contribution in [1.82, 2.24) is 9.78 Å². The topological polar surface area (TPSA) is 43.8 Å². The summed E-state index contributed by atoms with van der Waals surface area (Å²) in [5.74, 6) is 0. The fraction of sp³-hybridized carbons (Fsp3) is 0.222. The van der Waals surface area contributed by atoms with Gasteiger partial charge in [0.15, 0.2) is 0 Å². The molecule has 0 fully saturated rings. The first-order valence-electron chi connectivity index (χ1n) is 4.24. The maximum absolute atomic E-state index is 12.2. The molecule has 0 spiro atoms. The van der Waals surface area contributed by atoms with E-state index in [0.717, 1.165) is 4.68 Å². The van der Waals surface area contributed by atoms with Crippen molar-refractivity contribution in [2.24, 2.45) is 0 Å². The Morgan fingerprint density at radius 2 is 2.00 bits per heavy atom. The molecular weight excluding hydrogens is 243 g/mol. The molecule has 0 unspecified atom stereocenters. The van der Waals surface area contributed by atoms with E-state index < -0.39 is 12.7 Å². The van der Waals surface area contributed by atoms with Gasteiger partial charge in [-0.3, -0.25) is 4.68 Å². The van der Waals surface area contributed by atoms with E-state index in [1.54, 1.807) is 18.2 Å².